The number of hydrogen-bond donors (Lipinski definition) is 0. The van der Waals surface area contributed by atoms with Gasteiger partial charge < -0.3 is 9.64 Å². The molecular weight excluding hydrogens is 318 g/mol. The summed E-state index contributed by atoms with van der Waals surface area (Å²) in [7, 11) is 1.64. The van der Waals surface area contributed by atoms with E-state index in [4.69, 9.17) is 4.74 Å². The maximum Gasteiger partial charge on any atom is 0.329 e. The third-order valence-electron chi connectivity index (χ3n) is 3.98. The minimum atomic E-state index is -0.708. The molecule has 0 saturated carbocycles. The van der Waals surface area contributed by atoms with Crippen LogP contribution in [0.4, 0.5) is 9.93 Å². The summed E-state index contributed by atoms with van der Waals surface area (Å²) in [6.45, 7) is 5.65. The molecule has 0 bridgehead atoms. The molecule has 0 aromatic carbocycles. The molecule has 3 rings (SSSR count). The molecule has 23 heavy (non-hydrogen) atoms. The number of urea groups is 1. The van der Waals surface area contributed by atoms with Gasteiger partial charge >= 0.3 is 12.0 Å². The van der Waals surface area contributed by atoms with Gasteiger partial charge in [-0.25, -0.2) is 14.7 Å². The van der Waals surface area contributed by atoms with Crippen molar-refractivity contribution in [3.05, 3.63) is 10.6 Å². The van der Waals surface area contributed by atoms with Crippen LogP contribution in [0.5, 0.6) is 0 Å². The number of carbonyl (C=O) groups excluding carboxylic acids is 3. The van der Waals surface area contributed by atoms with Gasteiger partial charge in [-0.2, -0.15) is 0 Å². The number of fused-ring (bicyclic) bond motifs is 1. The highest BCUT2D eigenvalue weighted by Crippen LogP contribution is 2.40. The molecule has 0 N–H and O–H groups in total. The van der Waals surface area contributed by atoms with Crippen LogP contribution in [0.3, 0.4) is 0 Å². The maximum atomic E-state index is 12.4. The minimum absolute atomic E-state index is 0.0593. The van der Waals surface area contributed by atoms with Crippen LogP contribution < -0.4 is 4.90 Å². The topological polar surface area (TPSA) is 79.8 Å². The molecule has 1 unspecified atom stereocenters. The summed E-state index contributed by atoms with van der Waals surface area (Å²) < 4.78 is 5.23. The van der Waals surface area contributed by atoms with Crippen LogP contribution >= 0.6 is 11.3 Å². The first-order valence-electron chi connectivity index (χ1n) is 7.42. The lowest BCUT2D eigenvalue weighted by atomic mass is 9.78. The molecule has 124 valence electrons. The summed E-state index contributed by atoms with van der Waals surface area (Å²) in [4.78, 5) is 43.9. The lowest BCUT2D eigenvalue weighted by Gasteiger charge is -2.26. The third-order valence-corrected chi connectivity index (χ3v) is 5.12. The highest BCUT2D eigenvalue weighted by Gasteiger charge is 2.42. The highest BCUT2D eigenvalue weighted by atomic mass is 32.1. The van der Waals surface area contributed by atoms with Gasteiger partial charge in [0.05, 0.1) is 17.1 Å². The molecule has 1 aromatic heterocycles. The van der Waals surface area contributed by atoms with E-state index in [9.17, 15) is 14.4 Å². The van der Waals surface area contributed by atoms with E-state index in [1.54, 1.807) is 7.05 Å². The first-order valence-corrected chi connectivity index (χ1v) is 8.24. The Labute approximate surface area is 138 Å². The fourth-order valence-electron chi connectivity index (χ4n) is 3.00. The molecule has 8 heteroatoms. The van der Waals surface area contributed by atoms with E-state index < -0.39 is 12.2 Å². The average molecular weight is 337 g/mol. The summed E-state index contributed by atoms with van der Waals surface area (Å²) in [5.41, 5.74) is 0.603. The van der Waals surface area contributed by atoms with Crippen molar-refractivity contribution in [2.24, 2.45) is 5.41 Å². The first-order chi connectivity index (χ1) is 10.7. The van der Waals surface area contributed by atoms with E-state index in [2.05, 4.69) is 4.98 Å². The van der Waals surface area contributed by atoms with Crippen molar-refractivity contribution in [2.75, 3.05) is 18.5 Å². The van der Waals surface area contributed by atoms with Crippen molar-refractivity contribution in [3.63, 3.8) is 0 Å². The molecule has 1 aliphatic carbocycles. The van der Waals surface area contributed by atoms with E-state index in [0.717, 1.165) is 5.69 Å². The lowest BCUT2D eigenvalue weighted by molar-refractivity contribution is -0.145. The zero-order valence-corrected chi connectivity index (χ0v) is 14.4. The van der Waals surface area contributed by atoms with E-state index in [1.807, 2.05) is 13.8 Å². The van der Waals surface area contributed by atoms with Crippen LogP contribution in [0.2, 0.25) is 0 Å². The summed E-state index contributed by atoms with van der Waals surface area (Å²) in [6, 6.07) is -0.283. The van der Waals surface area contributed by atoms with Gasteiger partial charge in [-0.15, -0.1) is 0 Å². The SMILES string of the molecule is CC(=O)OC1CN(C)C(=O)N1c1nc2c(s1)C(=O)CC(C)(C)C2. The molecule has 0 radical (unpaired) electrons. The van der Waals surface area contributed by atoms with Gasteiger partial charge in [0.1, 0.15) is 0 Å². The third kappa shape index (κ3) is 2.83. The Morgan fingerprint density at radius 3 is 2.70 bits per heavy atom. The van der Waals surface area contributed by atoms with E-state index in [1.165, 1.54) is 28.1 Å². The minimum Gasteiger partial charge on any atom is -0.439 e. The summed E-state index contributed by atoms with van der Waals surface area (Å²) in [6.07, 6.45) is 0.462. The fraction of sp³-hybridized carbons (Fsp3) is 0.600. The molecule has 1 atom stereocenters. The smallest absolute Gasteiger partial charge is 0.329 e. The zero-order valence-electron chi connectivity index (χ0n) is 13.6. The number of likely N-dealkylation sites (N-methyl/N-ethyl adjacent to an activating group) is 1. The number of aromatic nitrogens is 1. The predicted octanol–water partition coefficient (Wildman–Crippen LogP) is 2.06. The monoisotopic (exact) mass is 337 g/mol. The van der Waals surface area contributed by atoms with Crippen LogP contribution in [-0.2, 0) is 16.0 Å². The van der Waals surface area contributed by atoms with Crippen LogP contribution in [-0.4, -0.2) is 47.5 Å². The van der Waals surface area contributed by atoms with Crippen molar-refractivity contribution in [2.45, 2.75) is 39.8 Å². The summed E-state index contributed by atoms with van der Waals surface area (Å²) >= 11 is 1.20. The number of amides is 2. The van der Waals surface area contributed by atoms with Crippen LogP contribution in [0.1, 0.15) is 42.6 Å². The molecule has 1 saturated heterocycles. The van der Waals surface area contributed by atoms with E-state index in [0.29, 0.717) is 22.9 Å². The van der Waals surface area contributed by atoms with Gasteiger partial charge in [-0.05, 0) is 11.8 Å². The molecule has 1 aliphatic heterocycles. The standard InChI is InChI=1S/C15H19N3O4S/c1-8(19)22-11-7-17(4)14(21)18(11)13-16-9-5-15(2,3)6-10(20)12(9)23-13/h11H,5-7H2,1-4H3. The second-order valence-corrected chi connectivity index (χ2v) is 7.79. The zero-order chi connectivity index (χ0) is 16.9. The van der Waals surface area contributed by atoms with Gasteiger partial charge in [-0.1, -0.05) is 25.2 Å². The first kappa shape index (κ1) is 15.9. The van der Waals surface area contributed by atoms with Crippen molar-refractivity contribution < 1.29 is 19.1 Å². The van der Waals surface area contributed by atoms with Crippen LogP contribution in [0.25, 0.3) is 0 Å². The number of ether oxygens (including phenoxy) is 1. The molecule has 2 amide bonds. The molecule has 2 aliphatic rings. The fourth-order valence-corrected chi connectivity index (χ4v) is 4.05. The van der Waals surface area contributed by atoms with Crippen molar-refractivity contribution in [1.82, 2.24) is 9.88 Å². The Hall–Kier alpha value is -1.96. The van der Waals surface area contributed by atoms with Gasteiger partial charge in [0, 0.05) is 20.4 Å². The van der Waals surface area contributed by atoms with Gasteiger partial charge in [-0.3, -0.25) is 9.59 Å². The molecule has 7 nitrogen and oxygen atoms in total. The van der Waals surface area contributed by atoms with Crippen LogP contribution in [0.15, 0.2) is 0 Å². The number of carbonyl (C=O) groups is 3. The Morgan fingerprint density at radius 2 is 2.04 bits per heavy atom. The second kappa shape index (κ2) is 5.30. The number of rotatable bonds is 2. The lowest BCUT2D eigenvalue weighted by Crippen LogP contribution is -2.37. The van der Waals surface area contributed by atoms with Crippen molar-refractivity contribution in [1.29, 1.82) is 0 Å². The number of nitrogens with zero attached hydrogens (tertiary/aromatic N) is 3. The Balaban J connectivity index is 1.96. The predicted molar refractivity (Wildman–Crippen MR) is 84.6 cm³/mol. The number of esters is 1. The summed E-state index contributed by atoms with van der Waals surface area (Å²) in [5.74, 6) is -0.398. The van der Waals surface area contributed by atoms with Crippen molar-refractivity contribution in [3.8, 4) is 0 Å². The molecule has 2 heterocycles. The van der Waals surface area contributed by atoms with E-state index in [-0.39, 0.29) is 23.8 Å². The molecular formula is C15H19N3O4S. The van der Waals surface area contributed by atoms with Crippen LogP contribution in [0, 0.1) is 5.41 Å². The normalized spacial score (nSPS) is 23.2. The van der Waals surface area contributed by atoms with Crippen molar-refractivity contribution >= 4 is 34.3 Å². The Bertz CT molecular complexity index is 697. The average Bonchev–Trinajstić information content (AvgIpc) is 2.90. The number of Topliss-reactive ketones (excluding diaryl/α,β-unsaturated/α-hetero) is 1. The number of ketones is 1. The molecule has 1 aromatic rings. The second-order valence-electron chi connectivity index (χ2n) is 6.81. The largest absolute Gasteiger partial charge is 0.439 e. The highest BCUT2D eigenvalue weighted by molar-refractivity contribution is 7.17. The van der Waals surface area contributed by atoms with Gasteiger partial charge in [0.25, 0.3) is 0 Å². The number of anilines is 1. The molecule has 0 spiro atoms. The Kier molecular flexibility index (Phi) is 3.66. The maximum absolute atomic E-state index is 12.4. The Morgan fingerprint density at radius 1 is 1.35 bits per heavy atom. The quantitative estimate of drug-likeness (QED) is 0.772. The summed E-state index contributed by atoms with van der Waals surface area (Å²) in [5, 5.41) is 0.418. The number of thiazole rings is 1. The van der Waals surface area contributed by atoms with Gasteiger partial charge in [0.2, 0.25) is 6.23 Å². The molecule has 1 fully saturated rings. The number of hydrogen-bond acceptors (Lipinski definition) is 6. The van der Waals surface area contributed by atoms with E-state index >= 15 is 0 Å². The van der Waals surface area contributed by atoms with Gasteiger partial charge in [0.15, 0.2) is 10.9 Å².